The summed E-state index contributed by atoms with van der Waals surface area (Å²) >= 11 is 0. The Morgan fingerprint density at radius 1 is 1.16 bits per heavy atom. The Labute approximate surface area is 151 Å². The first-order valence-corrected chi connectivity index (χ1v) is 8.79. The Hall–Kier alpha value is -2.55. The molecular weight excluding hydrogens is 308 g/mol. The van der Waals surface area contributed by atoms with E-state index in [4.69, 9.17) is 0 Å². The van der Waals surface area contributed by atoms with Crippen molar-refractivity contribution in [3.8, 4) is 0 Å². The molecule has 2 rings (SSSR count). The lowest BCUT2D eigenvalue weighted by Crippen LogP contribution is -2.29. The number of hydrogen-bond donors (Lipinski definition) is 1. The van der Waals surface area contributed by atoms with E-state index < -0.39 is 0 Å². The van der Waals surface area contributed by atoms with Gasteiger partial charge in [-0.25, -0.2) is 0 Å². The van der Waals surface area contributed by atoms with Crippen LogP contribution in [0, 0.1) is 0 Å². The van der Waals surface area contributed by atoms with Gasteiger partial charge in [-0.3, -0.25) is 4.79 Å². The lowest BCUT2D eigenvalue weighted by Gasteiger charge is -2.27. The predicted octanol–water partition coefficient (Wildman–Crippen LogP) is 5.03. The van der Waals surface area contributed by atoms with Crippen LogP contribution in [0.1, 0.15) is 39.2 Å². The van der Waals surface area contributed by atoms with E-state index in [0.29, 0.717) is 12.5 Å². The Bertz CT molecular complexity index is 734. The molecule has 1 aliphatic rings. The normalized spacial score (nSPS) is 15.4. The fourth-order valence-corrected chi connectivity index (χ4v) is 2.84. The van der Waals surface area contributed by atoms with Gasteiger partial charge in [0.05, 0.1) is 0 Å². The maximum Gasteiger partial charge on any atom is 0.253 e. The van der Waals surface area contributed by atoms with E-state index in [2.05, 4.69) is 48.3 Å². The first-order chi connectivity index (χ1) is 12.0. The topological polar surface area (TPSA) is 32.3 Å². The van der Waals surface area contributed by atoms with Gasteiger partial charge in [-0.15, -0.1) is 0 Å². The summed E-state index contributed by atoms with van der Waals surface area (Å²) in [5, 5.41) is 2.99. The third-order valence-electron chi connectivity index (χ3n) is 4.34. The molecule has 0 aliphatic carbocycles. The molecule has 0 spiro atoms. The standard InChI is InChI=1S/C22H28N2O/c1-6-8-17(7-2)21-14-11-19(15-24(21)5)22(25)23-20-12-9-18(10-13-20)16(3)4/h6-14,16H,15H2,1-5H3,(H,23,25)/b8-6-,17-7+. The van der Waals surface area contributed by atoms with Crippen molar-refractivity contribution in [2.75, 3.05) is 18.9 Å². The number of carbonyl (C=O) groups excluding carboxylic acids is 1. The quantitative estimate of drug-likeness (QED) is 0.765. The minimum absolute atomic E-state index is 0.0486. The summed E-state index contributed by atoms with van der Waals surface area (Å²) in [5.41, 5.74) is 5.14. The number of carbonyl (C=O) groups is 1. The van der Waals surface area contributed by atoms with E-state index >= 15 is 0 Å². The summed E-state index contributed by atoms with van der Waals surface area (Å²) in [5.74, 6) is 0.438. The van der Waals surface area contributed by atoms with E-state index in [1.54, 1.807) is 0 Å². The number of benzene rings is 1. The van der Waals surface area contributed by atoms with Crippen molar-refractivity contribution in [1.82, 2.24) is 4.90 Å². The first-order valence-electron chi connectivity index (χ1n) is 8.79. The largest absolute Gasteiger partial charge is 0.370 e. The number of rotatable bonds is 5. The van der Waals surface area contributed by atoms with Crippen molar-refractivity contribution in [2.24, 2.45) is 0 Å². The van der Waals surface area contributed by atoms with Gasteiger partial charge in [0.25, 0.3) is 5.91 Å². The molecule has 3 heteroatoms. The molecule has 132 valence electrons. The molecule has 0 atom stereocenters. The second-order valence-corrected chi connectivity index (χ2v) is 6.57. The Balaban J connectivity index is 2.12. The molecule has 1 aromatic rings. The van der Waals surface area contributed by atoms with Crippen LogP contribution in [-0.2, 0) is 4.79 Å². The van der Waals surface area contributed by atoms with E-state index in [1.165, 1.54) is 5.56 Å². The molecule has 0 fully saturated rings. The molecule has 0 saturated carbocycles. The molecule has 0 bridgehead atoms. The number of anilines is 1. The van der Waals surface area contributed by atoms with Crippen molar-refractivity contribution < 1.29 is 4.79 Å². The SMILES string of the molecule is C/C=C\C(=C/C)C1=CC=C(C(=O)Nc2ccc(C(C)C)cc2)CN1C. The van der Waals surface area contributed by atoms with Crippen molar-refractivity contribution in [3.05, 3.63) is 77.1 Å². The summed E-state index contributed by atoms with van der Waals surface area (Å²) in [6, 6.07) is 8.06. The molecule has 0 aromatic heterocycles. The van der Waals surface area contributed by atoms with Crippen LogP contribution in [0.3, 0.4) is 0 Å². The number of nitrogens with zero attached hydrogens (tertiary/aromatic N) is 1. The van der Waals surface area contributed by atoms with Crippen LogP contribution in [0.15, 0.2) is 71.5 Å². The van der Waals surface area contributed by atoms with Crippen molar-refractivity contribution >= 4 is 11.6 Å². The molecule has 1 heterocycles. The number of nitrogens with one attached hydrogen (secondary N) is 1. The monoisotopic (exact) mass is 336 g/mol. The van der Waals surface area contributed by atoms with Crippen LogP contribution in [0.2, 0.25) is 0 Å². The number of likely N-dealkylation sites (N-methyl/N-ethyl adjacent to an activating group) is 1. The highest BCUT2D eigenvalue weighted by molar-refractivity contribution is 6.04. The second-order valence-electron chi connectivity index (χ2n) is 6.57. The van der Waals surface area contributed by atoms with Gasteiger partial charge < -0.3 is 10.2 Å². The van der Waals surface area contributed by atoms with Gasteiger partial charge in [-0.2, -0.15) is 0 Å². The zero-order valence-corrected chi connectivity index (χ0v) is 15.8. The van der Waals surface area contributed by atoms with Crippen molar-refractivity contribution in [1.29, 1.82) is 0 Å². The zero-order chi connectivity index (χ0) is 18.4. The van der Waals surface area contributed by atoms with Gasteiger partial charge in [0.15, 0.2) is 0 Å². The summed E-state index contributed by atoms with van der Waals surface area (Å²) < 4.78 is 0. The van der Waals surface area contributed by atoms with Crippen molar-refractivity contribution in [2.45, 2.75) is 33.6 Å². The molecule has 3 nitrogen and oxygen atoms in total. The highest BCUT2D eigenvalue weighted by atomic mass is 16.1. The highest BCUT2D eigenvalue weighted by Crippen LogP contribution is 2.22. The summed E-state index contributed by atoms with van der Waals surface area (Å²) in [6.07, 6.45) is 10.1. The third-order valence-corrected chi connectivity index (χ3v) is 4.34. The fraction of sp³-hybridized carbons (Fsp3) is 0.318. The summed E-state index contributed by atoms with van der Waals surface area (Å²) in [6.45, 7) is 8.94. The van der Waals surface area contributed by atoms with Crippen molar-refractivity contribution in [3.63, 3.8) is 0 Å². The summed E-state index contributed by atoms with van der Waals surface area (Å²) in [4.78, 5) is 14.6. The van der Waals surface area contributed by atoms with Gasteiger partial charge >= 0.3 is 0 Å². The van der Waals surface area contributed by atoms with Gasteiger partial charge in [0.2, 0.25) is 0 Å². The summed E-state index contributed by atoms with van der Waals surface area (Å²) in [7, 11) is 2.01. The average molecular weight is 336 g/mol. The van der Waals surface area contributed by atoms with Gasteiger partial charge in [-0.05, 0) is 55.2 Å². The van der Waals surface area contributed by atoms with Gasteiger partial charge in [0.1, 0.15) is 0 Å². The van der Waals surface area contributed by atoms with Crippen LogP contribution in [-0.4, -0.2) is 24.4 Å². The number of amides is 1. The minimum Gasteiger partial charge on any atom is -0.370 e. The predicted molar refractivity (Wildman–Crippen MR) is 107 cm³/mol. The van der Waals surface area contributed by atoms with Gasteiger partial charge in [0, 0.05) is 30.5 Å². The van der Waals surface area contributed by atoms with E-state index in [0.717, 1.165) is 22.5 Å². The molecule has 0 unspecified atom stereocenters. The second kappa shape index (κ2) is 8.52. The number of hydrogen-bond acceptors (Lipinski definition) is 2. The van der Waals surface area contributed by atoms with E-state index in [-0.39, 0.29) is 5.91 Å². The van der Waals surface area contributed by atoms with Crippen LogP contribution in [0.4, 0.5) is 5.69 Å². The maximum absolute atomic E-state index is 12.5. The lowest BCUT2D eigenvalue weighted by atomic mass is 10.0. The fourth-order valence-electron chi connectivity index (χ4n) is 2.84. The Kier molecular flexibility index (Phi) is 6.40. The van der Waals surface area contributed by atoms with Crippen LogP contribution < -0.4 is 5.32 Å². The first kappa shape index (κ1) is 18.8. The van der Waals surface area contributed by atoms with Crippen LogP contribution in [0.25, 0.3) is 0 Å². The third kappa shape index (κ3) is 4.72. The number of allylic oxidation sites excluding steroid dienone is 5. The molecule has 1 aliphatic heterocycles. The highest BCUT2D eigenvalue weighted by Gasteiger charge is 2.18. The molecule has 1 amide bonds. The zero-order valence-electron chi connectivity index (χ0n) is 15.8. The molecule has 25 heavy (non-hydrogen) atoms. The van der Waals surface area contributed by atoms with Crippen LogP contribution >= 0.6 is 0 Å². The van der Waals surface area contributed by atoms with Crippen LogP contribution in [0.5, 0.6) is 0 Å². The smallest absolute Gasteiger partial charge is 0.253 e. The molecule has 1 aromatic carbocycles. The van der Waals surface area contributed by atoms with E-state index in [9.17, 15) is 4.79 Å². The maximum atomic E-state index is 12.5. The Morgan fingerprint density at radius 2 is 1.84 bits per heavy atom. The molecule has 0 saturated heterocycles. The minimum atomic E-state index is -0.0486. The van der Waals surface area contributed by atoms with Gasteiger partial charge in [-0.1, -0.05) is 44.2 Å². The molecule has 1 N–H and O–H groups in total. The molecular formula is C22H28N2O. The molecule has 0 radical (unpaired) electrons. The Morgan fingerprint density at radius 3 is 2.36 bits per heavy atom. The average Bonchev–Trinajstić information content (AvgIpc) is 2.60. The lowest BCUT2D eigenvalue weighted by molar-refractivity contribution is -0.113. The van der Waals surface area contributed by atoms with E-state index in [1.807, 2.05) is 51.3 Å².